The fraction of sp³-hybridized carbons (Fsp3) is 0.611. The second-order valence-electron chi connectivity index (χ2n) is 7.27. The molecule has 1 aromatic rings. The normalized spacial score (nSPS) is 18.7. The molecule has 4 nitrogen and oxygen atoms in total. The zero-order valence-electron chi connectivity index (χ0n) is 14.2. The molecular weight excluding hydrogens is 312 g/mol. The number of piperidine rings is 1. The van der Waals surface area contributed by atoms with Crippen LogP contribution in [0, 0.1) is 0 Å². The molecule has 0 saturated carbocycles. The van der Waals surface area contributed by atoms with Crippen molar-refractivity contribution < 1.29 is 9.90 Å². The number of nitrogens with zero attached hydrogens (tertiary/aromatic N) is 1. The van der Waals surface area contributed by atoms with Gasteiger partial charge in [0.25, 0.3) is 0 Å². The van der Waals surface area contributed by atoms with E-state index in [0.29, 0.717) is 10.6 Å². The molecule has 128 valence electrons. The van der Waals surface area contributed by atoms with Gasteiger partial charge in [0, 0.05) is 29.7 Å². The lowest BCUT2D eigenvalue weighted by molar-refractivity contribution is -0.124. The Morgan fingerprint density at radius 3 is 2.39 bits per heavy atom. The van der Waals surface area contributed by atoms with Crippen molar-refractivity contribution in [2.75, 3.05) is 13.1 Å². The minimum absolute atomic E-state index is 0.0844. The van der Waals surface area contributed by atoms with Crippen LogP contribution in [0.4, 0.5) is 0 Å². The van der Waals surface area contributed by atoms with Crippen molar-refractivity contribution in [2.24, 2.45) is 0 Å². The van der Waals surface area contributed by atoms with Gasteiger partial charge in [-0.15, -0.1) is 0 Å². The van der Waals surface area contributed by atoms with Gasteiger partial charge in [0.05, 0.1) is 12.5 Å². The molecule has 1 heterocycles. The van der Waals surface area contributed by atoms with Gasteiger partial charge < -0.3 is 10.4 Å². The molecule has 1 unspecified atom stereocenters. The van der Waals surface area contributed by atoms with E-state index in [1.807, 2.05) is 0 Å². The molecule has 2 N–H and O–H groups in total. The molecule has 1 amide bonds. The third-order valence-electron chi connectivity index (χ3n) is 4.44. The first-order chi connectivity index (χ1) is 10.8. The number of likely N-dealkylation sites (tertiary alicyclic amines) is 1. The monoisotopic (exact) mass is 338 g/mol. The van der Waals surface area contributed by atoms with E-state index in [1.54, 1.807) is 24.3 Å². The molecule has 0 bridgehead atoms. The van der Waals surface area contributed by atoms with Crippen molar-refractivity contribution in [1.82, 2.24) is 10.2 Å². The molecule has 1 saturated heterocycles. The molecule has 1 aromatic carbocycles. The molecule has 0 spiro atoms. The quantitative estimate of drug-likeness (QED) is 0.886. The Morgan fingerprint density at radius 1 is 1.30 bits per heavy atom. The van der Waals surface area contributed by atoms with Crippen LogP contribution >= 0.6 is 11.6 Å². The third kappa shape index (κ3) is 5.48. The summed E-state index contributed by atoms with van der Waals surface area (Å²) in [4.78, 5) is 14.6. The minimum Gasteiger partial charge on any atom is -0.388 e. The summed E-state index contributed by atoms with van der Waals surface area (Å²) in [6, 6.07) is 7.16. The minimum atomic E-state index is -0.790. The summed E-state index contributed by atoms with van der Waals surface area (Å²) in [6.07, 6.45) is 1.21. The van der Waals surface area contributed by atoms with Gasteiger partial charge in [0.2, 0.25) is 5.91 Å². The first kappa shape index (κ1) is 18.2. The highest BCUT2D eigenvalue weighted by Crippen LogP contribution is 2.21. The fourth-order valence-electron chi connectivity index (χ4n) is 2.96. The van der Waals surface area contributed by atoms with E-state index >= 15 is 0 Å². The van der Waals surface area contributed by atoms with E-state index in [9.17, 15) is 9.90 Å². The maximum absolute atomic E-state index is 12.1. The number of amides is 1. The van der Waals surface area contributed by atoms with Crippen LogP contribution in [-0.2, 0) is 4.79 Å². The first-order valence-electron chi connectivity index (χ1n) is 8.23. The molecule has 0 aliphatic carbocycles. The van der Waals surface area contributed by atoms with Crippen LogP contribution in [-0.4, -0.2) is 40.6 Å². The van der Waals surface area contributed by atoms with Crippen LogP contribution in [0.15, 0.2) is 24.3 Å². The molecule has 0 radical (unpaired) electrons. The lowest BCUT2D eigenvalue weighted by Gasteiger charge is -2.41. The van der Waals surface area contributed by atoms with Crippen molar-refractivity contribution in [2.45, 2.75) is 57.7 Å². The largest absolute Gasteiger partial charge is 0.388 e. The predicted octanol–water partition coefficient (Wildman–Crippen LogP) is 3.14. The van der Waals surface area contributed by atoms with Crippen LogP contribution in [0.3, 0.4) is 0 Å². The molecular formula is C18H27ClN2O2. The van der Waals surface area contributed by atoms with Crippen LogP contribution in [0.25, 0.3) is 0 Å². The van der Waals surface area contributed by atoms with Crippen LogP contribution < -0.4 is 5.32 Å². The molecule has 1 fully saturated rings. The van der Waals surface area contributed by atoms with E-state index < -0.39 is 6.10 Å². The summed E-state index contributed by atoms with van der Waals surface area (Å²) in [6.45, 7) is 8.64. The summed E-state index contributed by atoms with van der Waals surface area (Å²) in [5, 5.41) is 13.8. The van der Waals surface area contributed by atoms with Gasteiger partial charge in [-0.25, -0.2) is 0 Å². The van der Waals surface area contributed by atoms with Gasteiger partial charge in [0.15, 0.2) is 0 Å². The zero-order valence-corrected chi connectivity index (χ0v) is 14.9. The van der Waals surface area contributed by atoms with E-state index in [-0.39, 0.29) is 23.9 Å². The van der Waals surface area contributed by atoms with Gasteiger partial charge in [-0.2, -0.15) is 0 Å². The summed E-state index contributed by atoms with van der Waals surface area (Å²) in [7, 11) is 0. The van der Waals surface area contributed by atoms with E-state index in [1.165, 1.54) is 0 Å². The first-order valence-corrected chi connectivity index (χ1v) is 8.61. The standard InChI is InChI=1S/C18H27ClN2O2/c1-18(2,3)21-10-8-15(9-11-21)20-17(23)12-16(22)13-4-6-14(19)7-5-13/h4-7,15-16,22H,8-12H2,1-3H3,(H,20,23). The Labute approximate surface area is 143 Å². The Morgan fingerprint density at radius 2 is 1.87 bits per heavy atom. The Kier molecular flexibility index (Phi) is 6.06. The number of nitrogens with one attached hydrogen (secondary N) is 1. The van der Waals surface area contributed by atoms with Crippen molar-refractivity contribution in [3.63, 3.8) is 0 Å². The smallest absolute Gasteiger partial charge is 0.223 e. The van der Waals surface area contributed by atoms with Crippen molar-refractivity contribution in [3.05, 3.63) is 34.9 Å². The molecule has 2 rings (SSSR count). The van der Waals surface area contributed by atoms with Gasteiger partial charge in [-0.1, -0.05) is 23.7 Å². The van der Waals surface area contributed by atoms with Gasteiger partial charge >= 0.3 is 0 Å². The maximum atomic E-state index is 12.1. The summed E-state index contributed by atoms with van der Waals surface area (Å²) < 4.78 is 0. The number of aliphatic hydroxyl groups is 1. The van der Waals surface area contributed by atoms with Crippen LogP contribution in [0.5, 0.6) is 0 Å². The number of rotatable bonds is 4. The average molecular weight is 339 g/mol. The summed E-state index contributed by atoms with van der Waals surface area (Å²) in [5.74, 6) is -0.0957. The van der Waals surface area contributed by atoms with Crippen molar-refractivity contribution >= 4 is 17.5 Å². The lowest BCUT2D eigenvalue weighted by atomic mass is 9.97. The number of hydrogen-bond donors (Lipinski definition) is 2. The fourth-order valence-corrected chi connectivity index (χ4v) is 3.09. The summed E-state index contributed by atoms with van der Waals surface area (Å²) in [5.41, 5.74) is 0.895. The van der Waals surface area contributed by atoms with Crippen LogP contribution in [0.1, 0.15) is 51.7 Å². The maximum Gasteiger partial charge on any atom is 0.223 e. The molecule has 0 aromatic heterocycles. The second-order valence-corrected chi connectivity index (χ2v) is 7.71. The van der Waals surface area contributed by atoms with Crippen molar-refractivity contribution in [3.8, 4) is 0 Å². The SMILES string of the molecule is CC(C)(C)N1CCC(NC(=O)CC(O)c2ccc(Cl)cc2)CC1. The molecule has 1 aliphatic heterocycles. The van der Waals surface area contributed by atoms with E-state index in [0.717, 1.165) is 25.9 Å². The Balaban J connectivity index is 1.78. The van der Waals surface area contributed by atoms with Gasteiger partial charge in [-0.05, 0) is 51.3 Å². The number of hydrogen-bond acceptors (Lipinski definition) is 3. The number of carbonyl (C=O) groups is 1. The van der Waals surface area contributed by atoms with Crippen LogP contribution in [0.2, 0.25) is 5.02 Å². The predicted molar refractivity (Wildman–Crippen MR) is 93.5 cm³/mol. The third-order valence-corrected chi connectivity index (χ3v) is 4.69. The molecule has 23 heavy (non-hydrogen) atoms. The topological polar surface area (TPSA) is 52.6 Å². The lowest BCUT2D eigenvalue weighted by Crippen LogP contribution is -2.50. The Hall–Kier alpha value is -1.10. The molecule has 5 heteroatoms. The summed E-state index contributed by atoms with van der Waals surface area (Å²) >= 11 is 5.83. The molecule has 1 atom stereocenters. The van der Waals surface area contributed by atoms with Gasteiger partial charge in [-0.3, -0.25) is 9.69 Å². The highest BCUT2D eigenvalue weighted by molar-refractivity contribution is 6.30. The number of halogens is 1. The highest BCUT2D eigenvalue weighted by atomic mass is 35.5. The number of benzene rings is 1. The number of aliphatic hydroxyl groups excluding tert-OH is 1. The molecule has 1 aliphatic rings. The Bertz CT molecular complexity index is 517. The average Bonchev–Trinajstić information content (AvgIpc) is 2.47. The number of carbonyl (C=O) groups excluding carboxylic acids is 1. The van der Waals surface area contributed by atoms with E-state index in [4.69, 9.17) is 11.6 Å². The van der Waals surface area contributed by atoms with Gasteiger partial charge in [0.1, 0.15) is 0 Å². The highest BCUT2D eigenvalue weighted by Gasteiger charge is 2.27. The second kappa shape index (κ2) is 7.65. The van der Waals surface area contributed by atoms with Crippen molar-refractivity contribution in [1.29, 1.82) is 0 Å². The van der Waals surface area contributed by atoms with E-state index in [2.05, 4.69) is 31.0 Å². The zero-order chi connectivity index (χ0) is 17.0.